The van der Waals surface area contributed by atoms with Crippen LogP contribution in [0.1, 0.15) is 25.7 Å². The van der Waals surface area contributed by atoms with Crippen LogP contribution in [-0.2, 0) is 4.79 Å². The van der Waals surface area contributed by atoms with Gasteiger partial charge in [0.2, 0.25) is 5.91 Å². The van der Waals surface area contributed by atoms with Gasteiger partial charge in [-0.05, 0) is 44.3 Å². The zero-order valence-electron chi connectivity index (χ0n) is 13.6. The number of likely N-dealkylation sites (tertiary alicyclic amines) is 1. The summed E-state index contributed by atoms with van der Waals surface area (Å²) in [6.07, 6.45) is 4.87. The molecule has 3 rings (SSSR count). The minimum atomic E-state index is -0.466. The third-order valence-electron chi connectivity index (χ3n) is 4.78. The van der Waals surface area contributed by atoms with Crippen molar-refractivity contribution in [3.63, 3.8) is 0 Å². The lowest BCUT2D eigenvalue weighted by Gasteiger charge is -2.18. The fourth-order valence-electron chi connectivity index (χ4n) is 3.34. The zero-order chi connectivity index (χ0) is 16.9. The number of carbonyl (C=O) groups is 1. The van der Waals surface area contributed by atoms with Gasteiger partial charge in [0, 0.05) is 31.6 Å². The van der Waals surface area contributed by atoms with E-state index in [1.165, 1.54) is 18.7 Å². The third kappa shape index (κ3) is 4.19. The van der Waals surface area contributed by atoms with Gasteiger partial charge < -0.3 is 15.5 Å². The molecule has 0 aromatic carbocycles. The van der Waals surface area contributed by atoms with Crippen LogP contribution < -0.4 is 10.6 Å². The van der Waals surface area contributed by atoms with Crippen LogP contribution >= 0.6 is 0 Å². The maximum atomic E-state index is 12.3. The van der Waals surface area contributed by atoms with Gasteiger partial charge >= 0.3 is 0 Å². The second kappa shape index (κ2) is 7.57. The molecule has 0 spiro atoms. The summed E-state index contributed by atoms with van der Waals surface area (Å²) in [7, 11) is 0. The van der Waals surface area contributed by atoms with Crippen LogP contribution in [0.15, 0.2) is 18.3 Å². The van der Waals surface area contributed by atoms with E-state index >= 15 is 0 Å². The van der Waals surface area contributed by atoms with Gasteiger partial charge in [-0.25, -0.2) is 4.98 Å². The van der Waals surface area contributed by atoms with Crippen molar-refractivity contribution in [1.29, 1.82) is 0 Å². The van der Waals surface area contributed by atoms with E-state index in [0.717, 1.165) is 32.5 Å². The quantitative estimate of drug-likeness (QED) is 0.603. The van der Waals surface area contributed by atoms with Crippen LogP contribution in [0, 0.1) is 16.0 Å². The average molecular weight is 333 g/mol. The molecule has 0 bridgehead atoms. The number of aromatic nitrogens is 1. The Morgan fingerprint density at radius 3 is 3.00 bits per heavy atom. The first-order chi connectivity index (χ1) is 11.6. The highest BCUT2D eigenvalue weighted by Gasteiger charge is 2.27. The standard InChI is InChI=1S/C16H23N5O3/c22-16(4-1-12-5-7-17-9-12)20-8-6-13(11-20)19-15-3-2-14(10-18-15)21(23)24/h2-3,10,12-13,17H,1,4-9,11H2,(H,18,19). The number of hydrogen-bond donors (Lipinski definition) is 2. The molecule has 2 aliphatic heterocycles. The number of anilines is 1. The first-order valence-electron chi connectivity index (χ1n) is 8.47. The van der Waals surface area contributed by atoms with Crippen LogP contribution in [0.2, 0.25) is 0 Å². The highest BCUT2D eigenvalue weighted by atomic mass is 16.6. The number of carbonyl (C=O) groups excluding carboxylic acids is 1. The fraction of sp³-hybridized carbons (Fsp3) is 0.625. The summed E-state index contributed by atoms with van der Waals surface area (Å²) in [5.74, 6) is 1.47. The van der Waals surface area contributed by atoms with E-state index < -0.39 is 4.92 Å². The Balaban J connectivity index is 1.44. The Morgan fingerprint density at radius 2 is 2.33 bits per heavy atom. The molecule has 1 aromatic rings. The molecule has 2 N–H and O–H groups in total. The first kappa shape index (κ1) is 16.6. The van der Waals surface area contributed by atoms with Crippen LogP contribution in [0.4, 0.5) is 11.5 Å². The molecular weight excluding hydrogens is 310 g/mol. The summed E-state index contributed by atoms with van der Waals surface area (Å²) >= 11 is 0. The van der Waals surface area contributed by atoms with E-state index in [2.05, 4.69) is 15.6 Å². The maximum Gasteiger partial charge on any atom is 0.287 e. The summed E-state index contributed by atoms with van der Waals surface area (Å²) in [5.41, 5.74) is -0.0230. The molecule has 3 heterocycles. The molecule has 2 aliphatic rings. The van der Waals surface area contributed by atoms with E-state index in [9.17, 15) is 14.9 Å². The molecule has 0 saturated carbocycles. The molecular formula is C16H23N5O3. The molecule has 8 heteroatoms. The number of nitro groups is 1. The molecule has 1 aromatic heterocycles. The molecule has 0 radical (unpaired) electrons. The highest BCUT2D eigenvalue weighted by molar-refractivity contribution is 5.76. The second-order valence-electron chi connectivity index (χ2n) is 6.53. The summed E-state index contributed by atoms with van der Waals surface area (Å²) in [6, 6.07) is 3.19. The maximum absolute atomic E-state index is 12.3. The van der Waals surface area contributed by atoms with Crippen molar-refractivity contribution in [3.05, 3.63) is 28.4 Å². The number of rotatable bonds is 6. The average Bonchev–Trinajstić information content (AvgIpc) is 3.25. The first-order valence-corrected chi connectivity index (χ1v) is 8.47. The van der Waals surface area contributed by atoms with Crippen molar-refractivity contribution in [3.8, 4) is 0 Å². The van der Waals surface area contributed by atoms with Gasteiger partial charge in [0.1, 0.15) is 12.0 Å². The molecule has 130 valence electrons. The van der Waals surface area contributed by atoms with Crippen LogP contribution in [0.5, 0.6) is 0 Å². The van der Waals surface area contributed by atoms with Gasteiger partial charge in [-0.3, -0.25) is 14.9 Å². The molecule has 1 amide bonds. The SMILES string of the molecule is O=C(CCC1CCNC1)N1CCC(Nc2ccc([N+](=O)[O-])cn2)C1. The lowest BCUT2D eigenvalue weighted by molar-refractivity contribution is -0.385. The number of hydrogen-bond acceptors (Lipinski definition) is 6. The van der Waals surface area contributed by atoms with Crippen molar-refractivity contribution in [1.82, 2.24) is 15.2 Å². The number of nitrogens with one attached hydrogen (secondary N) is 2. The third-order valence-corrected chi connectivity index (χ3v) is 4.78. The molecule has 0 aliphatic carbocycles. The highest BCUT2D eigenvalue weighted by Crippen LogP contribution is 2.19. The Kier molecular flexibility index (Phi) is 5.24. The number of amides is 1. The molecule has 8 nitrogen and oxygen atoms in total. The van der Waals surface area contributed by atoms with Crippen LogP contribution in [-0.4, -0.2) is 52.9 Å². The van der Waals surface area contributed by atoms with Gasteiger partial charge in [0.15, 0.2) is 0 Å². The fourth-order valence-corrected chi connectivity index (χ4v) is 3.34. The van der Waals surface area contributed by atoms with Gasteiger partial charge in [0.25, 0.3) is 5.69 Å². The topological polar surface area (TPSA) is 100 Å². The molecule has 2 saturated heterocycles. The lowest BCUT2D eigenvalue weighted by Crippen LogP contribution is -2.31. The summed E-state index contributed by atoms with van der Waals surface area (Å²) < 4.78 is 0. The van der Waals surface area contributed by atoms with Gasteiger partial charge in [-0.2, -0.15) is 0 Å². The minimum absolute atomic E-state index is 0.0230. The number of pyridine rings is 1. The Bertz CT molecular complexity index is 586. The van der Waals surface area contributed by atoms with Gasteiger partial charge in [-0.1, -0.05) is 0 Å². The predicted molar refractivity (Wildman–Crippen MR) is 89.7 cm³/mol. The lowest BCUT2D eigenvalue weighted by atomic mass is 10.0. The van der Waals surface area contributed by atoms with Crippen molar-refractivity contribution in [2.75, 3.05) is 31.5 Å². The van der Waals surface area contributed by atoms with E-state index in [1.807, 2.05) is 4.90 Å². The minimum Gasteiger partial charge on any atom is -0.365 e. The van der Waals surface area contributed by atoms with Crippen molar-refractivity contribution >= 4 is 17.4 Å². The van der Waals surface area contributed by atoms with Gasteiger partial charge in [-0.15, -0.1) is 0 Å². The van der Waals surface area contributed by atoms with Crippen LogP contribution in [0.3, 0.4) is 0 Å². The zero-order valence-corrected chi connectivity index (χ0v) is 13.6. The van der Waals surface area contributed by atoms with E-state index in [4.69, 9.17) is 0 Å². The van der Waals surface area contributed by atoms with E-state index in [0.29, 0.717) is 24.7 Å². The summed E-state index contributed by atoms with van der Waals surface area (Å²) in [4.78, 5) is 28.4. The molecule has 2 atom stereocenters. The molecule has 2 unspecified atom stereocenters. The largest absolute Gasteiger partial charge is 0.365 e. The second-order valence-corrected chi connectivity index (χ2v) is 6.53. The predicted octanol–water partition coefficient (Wildman–Crippen LogP) is 1.39. The molecule has 2 fully saturated rings. The van der Waals surface area contributed by atoms with Crippen molar-refractivity contribution in [2.45, 2.75) is 31.7 Å². The van der Waals surface area contributed by atoms with Crippen molar-refractivity contribution in [2.24, 2.45) is 5.92 Å². The van der Waals surface area contributed by atoms with E-state index in [1.54, 1.807) is 6.07 Å². The van der Waals surface area contributed by atoms with Crippen molar-refractivity contribution < 1.29 is 9.72 Å². The van der Waals surface area contributed by atoms with Crippen LogP contribution in [0.25, 0.3) is 0 Å². The monoisotopic (exact) mass is 333 g/mol. The Hall–Kier alpha value is -2.22. The smallest absolute Gasteiger partial charge is 0.287 e. The summed E-state index contributed by atoms with van der Waals surface area (Å²) in [6.45, 7) is 3.52. The summed E-state index contributed by atoms with van der Waals surface area (Å²) in [5, 5.41) is 17.2. The Morgan fingerprint density at radius 1 is 1.46 bits per heavy atom. The molecule has 24 heavy (non-hydrogen) atoms. The normalized spacial score (nSPS) is 23.4. The number of nitrogens with zero attached hydrogens (tertiary/aromatic N) is 3. The van der Waals surface area contributed by atoms with E-state index in [-0.39, 0.29) is 17.6 Å². The van der Waals surface area contributed by atoms with Gasteiger partial charge in [0.05, 0.1) is 4.92 Å². The Labute approximate surface area is 140 Å².